The van der Waals surface area contributed by atoms with Crippen LogP contribution in [0, 0.1) is 11.8 Å². The first-order valence-corrected chi connectivity index (χ1v) is 6.09. The Hall–Kier alpha value is -0.0800. The van der Waals surface area contributed by atoms with Crippen LogP contribution in [0.15, 0.2) is 0 Å². The lowest BCUT2D eigenvalue weighted by molar-refractivity contribution is 0.108. The van der Waals surface area contributed by atoms with E-state index in [4.69, 9.17) is 4.74 Å². The predicted octanol–water partition coefficient (Wildman–Crippen LogP) is 2.14. The smallest absolute Gasteiger partial charge is 0.0497 e. The molecule has 2 aliphatic rings. The lowest BCUT2D eigenvalue weighted by Crippen LogP contribution is -2.40. The maximum atomic E-state index is 5.47. The van der Waals surface area contributed by atoms with Crippen LogP contribution in [0.25, 0.3) is 0 Å². The zero-order chi connectivity index (χ0) is 9.97. The highest BCUT2D eigenvalue weighted by molar-refractivity contribution is 4.80. The monoisotopic (exact) mass is 197 g/mol. The molecule has 2 saturated heterocycles. The average Bonchev–Trinajstić information content (AvgIpc) is 2.71. The number of nitrogens with zero attached hydrogens (tertiary/aromatic N) is 1. The highest BCUT2D eigenvalue weighted by Gasteiger charge is 2.29. The van der Waals surface area contributed by atoms with E-state index in [1.807, 2.05) is 0 Å². The Labute approximate surface area is 87.6 Å². The van der Waals surface area contributed by atoms with Crippen LogP contribution in [0.5, 0.6) is 0 Å². The molecule has 82 valence electrons. The molecule has 0 radical (unpaired) electrons. The molecule has 2 nitrogen and oxygen atoms in total. The minimum Gasteiger partial charge on any atom is -0.381 e. The van der Waals surface area contributed by atoms with Crippen molar-refractivity contribution in [3.63, 3.8) is 0 Å². The van der Waals surface area contributed by atoms with E-state index in [0.717, 1.165) is 31.1 Å². The quantitative estimate of drug-likeness (QED) is 0.672. The van der Waals surface area contributed by atoms with Crippen LogP contribution in [0.1, 0.15) is 33.1 Å². The average molecular weight is 197 g/mol. The molecule has 0 aliphatic carbocycles. The van der Waals surface area contributed by atoms with Gasteiger partial charge in [0.25, 0.3) is 0 Å². The van der Waals surface area contributed by atoms with E-state index < -0.39 is 0 Å². The zero-order valence-corrected chi connectivity index (χ0v) is 9.54. The Bertz CT molecular complexity index is 167. The summed E-state index contributed by atoms with van der Waals surface area (Å²) in [6.45, 7) is 9.26. The fourth-order valence-corrected chi connectivity index (χ4v) is 2.83. The van der Waals surface area contributed by atoms with E-state index in [9.17, 15) is 0 Å². The number of likely N-dealkylation sites (tertiary alicyclic amines) is 1. The summed E-state index contributed by atoms with van der Waals surface area (Å²) < 4.78 is 5.47. The standard InChI is InChI=1S/C12H23NO/c1-10(2)13-6-3-11(4-7-13)12-5-8-14-9-12/h10-12H,3-9H2,1-2H3. The van der Waals surface area contributed by atoms with E-state index >= 15 is 0 Å². The van der Waals surface area contributed by atoms with Crippen molar-refractivity contribution in [1.29, 1.82) is 0 Å². The predicted molar refractivity (Wildman–Crippen MR) is 58.4 cm³/mol. The van der Waals surface area contributed by atoms with Crippen molar-refractivity contribution in [2.45, 2.75) is 39.2 Å². The minimum absolute atomic E-state index is 0.732. The second-order valence-corrected chi connectivity index (χ2v) is 5.09. The van der Waals surface area contributed by atoms with Gasteiger partial charge in [-0.15, -0.1) is 0 Å². The summed E-state index contributed by atoms with van der Waals surface area (Å²) in [6.07, 6.45) is 4.10. The fraction of sp³-hybridized carbons (Fsp3) is 1.00. The highest BCUT2D eigenvalue weighted by Crippen LogP contribution is 2.30. The van der Waals surface area contributed by atoms with Gasteiger partial charge >= 0.3 is 0 Å². The van der Waals surface area contributed by atoms with Crippen LogP contribution in [-0.4, -0.2) is 37.2 Å². The van der Waals surface area contributed by atoms with Gasteiger partial charge in [-0.2, -0.15) is 0 Å². The Morgan fingerprint density at radius 3 is 2.29 bits per heavy atom. The summed E-state index contributed by atoms with van der Waals surface area (Å²) in [7, 11) is 0. The van der Waals surface area contributed by atoms with Crippen molar-refractivity contribution in [3.8, 4) is 0 Å². The van der Waals surface area contributed by atoms with E-state index in [1.54, 1.807) is 0 Å². The summed E-state index contributed by atoms with van der Waals surface area (Å²) in [5, 5.41) is 0. The van der Waals surface area contributed by atoms with Crippen LogP contribution in [0.3, 0.4) is 0 Å². The molecule has 14 heavy (non-hydrogen) atoms. The number of piperidine rings is 1. The molecule has 2 rings (SSSR count). The fourth-order valence-electron chi connectivity index (χ4n) is 2.83. The first-order chi connectivity index (χ1) is 6.77. The Morgan fingerprint density at radius 2 is 1.79 bits per heavy atom. The molecular weight excluding hydrogens is 174 g/mol. The molecule has 2 heteroatoms. The van der Waals surface area contributed by atoms with Crippen molar-refractivity contribution in [2.24, 2.45) is 11.8 Å². The maximum absolute atomic E-state index is 5.47. The van der Waals surface area contributed by atoms with Gasteiger partial charge in [0, 0.05) is 19.3 Å². The van der Waals surface area contributed by atoms with E-state index in [0.29, 0.717) is 0 Å². The normalized spacial score (nSPS) is 31.5. The van der Waals surface area contributed by atoms with E-state index in [-0.39, 0.29) is 0 Å². The molecule has 0 bridgehead atoms. The molecule has 0 aromatic carbocycles. The van der Waals surface area contributed by atoms with Gasteiger partial charge in [0.05, 0.1) is 0 Å². The zero-order valence-electron chi connectivity index (χ0n) is 9.54. The SMILES string of the molecule is CC(C)N1CCC(C2CCOC2)CC1. The summed E-state index contributed by atoms with van der Waals surface area (Å²) in [5.41, 5.74) is 0. The first-order valence-electron chi connectivity index (χ1n) is 6.09. The Kier molecular flexibility index (Phi) is 3.45. The third kappa shape index (κ3) is 2.29. The lowest BCUT2D eigenvalue weighted by atomic mass is 9.83. The number of hydrogen-bond acceptors (Lipinski definition) is 2. The number of hydrogen-bond donors (Lipinski definition) is 0. The van der Waals surface area contributed by atoms with Gasteiger partial charge in [0.15, 0.2) is 0 Å². The molecule has 0 amide bonds. The van der Waals surface area contributed by atoms with Gasteiger partial charge in [0.1, 0.15) is 0 Å². The van der Waals surface area contributed by atoms with Crippen LogP contribution < -0.4 is 0 Å². The van der Waals surface area contributed by atoms with E-state index in [2.05, 4.69) is 18.7 Å². The van der Waals surface area contributed by atoms with Gasteiger partial charge in [-0.3, -0.25) is 0 Å². The third-order valence-electron chi connectivity index (χ3n) is 3.94. The summed E-state index contributed by atoms with van der Waals surface area (Å²) in [6, 6.07) is 0.732. The molecule has 1 atom stereocenters. The summed E-state index contributed by atoms with van der Waals surface area (Å²) >= 11 is 0. The molecular formula is C12H23NO. The first kappa shape index (κ1) is 10.4. The topological polar surface area (TPSA) is 12.5 Å². The number of rotatable bonds is 2. The molecule has 0 spiro atoms. The maximum Gasteiger partial charge on any atom is 0.0497 e. The lowest BCUT2D eigenvalue weighted by Gasteiger charge is -2.36. The van der Waals surface area contributed by atoms with Gasteiger partial charge in [-0.05, 0) is 58.0 Å². The largest absolute Gasteiger partial charge is 0.381 e. The Morgan fingerprint density at radius 1 is 1.07 bits per heavy atom. The molecule has 2 heterocycles. The second kappa shape index (κ2) is 4.63. The van der Waals surface area contributed by atoms with Crippen molar-refractivity contribution in [3.05, 3.63) is 0 Å². The molecule has 0 N–H and O–H groups in total. The molecule has 2 fully saturated rings. The van der Waals surface area contributed by atoms with Crippen LogP contribution in [0.2, 0.25) is 0 Å². The van der Waals surface area contributed by atoms with Crippen molar-refractivity contribution < 1.29 is 4.74 Å². The number of ether oxygens (including phenoxy) is 1. The summed E-state index contributed by atoms with van der Waals surface area (Å²) in [5.74, 6) is 1.83. The molecule has 0 aromatic heterocycles. The van der Waals surface area contributed by atoms with Crippen LogP contribution >= 0.6 is 0 Å². The van der Waals surface area contributed by atoms with E-state index in [1.165, 1.54) is 32.4 Å². The molecule has 1 unspecified atom stereocenters. The molecule has 0 saturated carbocycles. The van der Waals surface area contributed by atoms with Gasteiger partial charge in [0.2, 0.25) is 0 Å². The summed E-state index contributed by atoms with van der Waals surface area (Å²) in [4.78, 5) is 2.60. The van der Waals surface area contributed by atoms with Crippen molar-refractivity contribution in [1.82, 2.24) is 4.90 Å². The second-order valence-electron chi connectivity index (χ2n) is 5.09. The van der Waals surface area contributed by atoms with Gasteiger partial charge in [-0.25, -0.2) is 0 Å². The molecule has 2 aliphatic heterocycles. The van der Waals surface area contributed by atoms with Crippen LogP contribution in [-0.2, 0) is 4.74 Å². The minimum atomic E-state index is 0.732. The van der Waals surface area contributed by atoms with Crippen molar-refractivity contribution >= 4 is 0 Å². The highest BCUT2D eigenvalue weighted by atomic mass is 16.5. The third-order valence-corrected chi connectivity index (χ3v) is 3.94. The van der Waals surface area contributed by atoms with Crippen molar-refractivity contribution in [2.75, 3.05) is 26.3 Å². The van der Waals surface area contributed by atoms with Gasteiger partial charge in [-0.1, -0.05) is 0 Å². The van der Waals surface area contributed by atoms with Gasteiger partial charge < -0.3 is 9.64 Å². The Balaban J connectivity index is 1.77. The van der Waals surface area contributed by atoms with Crippen LogP contribution in [0.4, 0.5) is 0 Å². The molecule has 0 aromatic rings.